The Morgan fingerprint density at radius 1 is 1.26 bits per heavy atom. The van der Waals surface area contributed by atoms with Crippen LogP contribution in [0.5, 0.6) is 5.75 Å². The predicted octanol–water partition coefficient (Wildman–Crippen LogP) is 4.43. The molecule has 1 aliphatic heterocycles. The summed E-state index contributed by atoms with van der Waals surface area (Å²) in [5.74, 6) is 0.613. The Balaban J connectivity index is 1.99. The molecule has 0 radical (unpaired) electrons. The van der Waals surface area contributed by atoms with E-state index in [9.17, 15) is 5.11 Å². The number of aromatic nitrogens is 2. The molecule has 3 atom stereocenters. The lowest BCUT2D eigenvalue weighted by Gasteiger charge is -2.45. The first kappa shape index (κ1) is 18.3. The second-order valence-corrected chi connectivity index (χ2v) is 7.17. The zero-order chi connectivity index (χ0) is 19.2. The van der Waals surface area contributed by atoms with Crippen LogP contribution in [-0.4, -0.2) is 27.2 Å². The van der Waals surface area contributed by atoms with Crippen molar-refractivity contribution in [1.82, 2.24) is 9.38 Å². The lowest BCUT2D eigenvalue weighted by molar-refractivity contribution is -0.175. The van der Waals surface area contributed by atoms with Crippen molar-refractivity contribution >= 4 is 17.2 Å². The number of hydrogen-bond acceptors (Lipinski definition) is 4. The standard InChI is InChI=1S/C21H23ClN2O3/c1-4-21(26-5-2)15-11-12-24-19(22)13(3)23-20(24)17(15)27-16(18(21)25)14-9-7-6-8-10-14/h6-12,16,18,25H,4-5H2,1-3H3/t16-,18?,21?/m1/s1. The van der Waals surface area contributed by atoms with Gasteiger partial charge in [0, 0.05) is 18.4 Å². The molecule has 3 aromatic rings. The van der Waals surface area contributed by atoms with Crippen LogP contribution in [0.3, 0.4) is 0 Å². The molecule has 1 N–H and O–H groups in total. The minimum atomic E-state index is -0.878. The lowest BCUT2D eigenvalue weighted by atomic mass is 9.79. The summed E-state index contributed by atoms with van der Waals surface area (Å²) in [6.45, 7) is 6.30. The third-order valence-corrected chi connectivity index (χ3v) is 5.83. The van der Waals surface area contributed by atoms with Crippen LogP contribution >= 0.6 is 11.6 Å². The van der Waals surface area contributed by atoms with E-state index in [0.717, 1.165) is 16.8 Å². The third-order valence-electron chi connectivity index (χ3n) is 5.37. The number of hydrogen-bond donors (Lipinski definition) is 1. The summed E-state index contributed by atoms with van der Waals surface area (Å²) < 4.78 is 14.3. The fourth-order valence-electron chi connectivity index (χ4n) is 4.03. The Hall–Kier alpha value is -2.08. The molecule has 0 spiro atoms. The number of aliphatic hydroxyl groups excluding tert-OH is 1. The van der Waals surface area contributed by atoms with Crippen LogP contribution in [0.25, 0.3) is 5.65 Å². The average molecular weight is 387 g/mol. The van der Waals surface area contributed by atoms with Crippen LogP contribution in [0, 0.1) is 6.92 Å². The molecule has 2 aromatic heterocycles. The molecule has 4 rings (SSSR count). The summed E-state index contributed by atoms with van der Waals surface area (Å²) >= 11 is 6.40. The van der Waals surface area contributed by atoms with E-state index in [1.54, 1.807) is 0 Å². The van der Waals surface area contributed by atoms with E-state index in [-0.39, 0.29) is 0 Å². The van der Waals surface area contributed by atoms with Gasteiger partial charge in [0.05, 0.1) is 5.69 Å². The maximum atomic E-state index is 11.3. The first-order valence-corrected chi connectivity index (χ1v) is 9.62. The number of nitrogens with zero attached hydrogens (tertiary/aromatic N) is 2. The van der Waals surface area contributed by atoms with Gasteiger partial charge in [-0.25, -0.2) is 4.98 Å². The van der Waals surface area contributed by atoms with E-state index in [1.165, 1.54) is 0 Å². The van der Waals surface area contributed by atoms with Crippen molar-refractivity contribution < 1.29 is 14.6 Å². The normalized spacial score (nSPS) is 24.6. The molecule has 1 aliphatic rings. The van der Waals surface area contributed by atoms with Gasteiger partial charge in [0.1, 0.15) is 16.9 Å². The Bertz CT molecular complexity index is 972. The summed E-state index contributed by atoms with van der Waals surface area (Å²) in [6, 6.07) is 11.6. The predicted molar refractivity (Wildman–Crippen MR) is 104 cm³/mol. The molecule has 0 saturated heterocycles. The maximum absolute atomic E-state index is 11.3. The van der Waals surface area contributed by atoms with Gasteiger partial charge in [-0.1, -0.05) is 48.9 Å². The number of benzene rings is 1. The van der Waals surface area contributed by atoms with Crippen molar-refractivity contribution in [2.75, 3.05) is 6.61 Å². The minimum Gasteiger partial charge on any atom is -0.479 e. The van der Waals surface area contributed by atoms with Crippen molar-refractivity contribution in [1.29, 1.82) is 0 Å². The zero-order valence-electron chi connectivity index (χ0n) is 15.6. The largest absolute Gasteiger partial charge is 0.479 e. The summed E-state index contributed by atoms with van der Waals surface area (Å²) in [5.41, 5.74) is 2.19. The zero-order valence-corrected chi connectivity index (χ0v) is 16.4. The molecule has 2 unspecified atom stereocenters. The molecule has 142 valence electrons. The first-order chi connectivity index (χ1) is 13.0. The Morgan fingerprint density at radius 2 is 2.00 bits per heavy atom. The third kappa shape index (κ3) is 2.64. The summed E-state index contributed by atoms with van der Waals surface area (Å²) in [5, 5.41) is 11.9. The number of pyridine rings is 1. The molecule has 1 aromatic carbocycles. The van der Waals surface area contributed by atoms with Crippen molar-refractivity contribution in [2.24, 2.45) is 0 Å². The molecule has 27 heavy (non-hydrogen) atoms. The highest BCUT2D eigenvalue weighted by Crippen LogP contribution is 2.50. The van der Waals surface area contributed by atoms with Gasteiger partial charge in [-0.15, -0.1) is 0 Å². The van der Waals surface area contributed by atoms with Gasteiger partial charge in [-0.2, -0.15) is 0 Å². The van der Waals surface area contributed by atoms with E-state index in [4.69, 9.17) is 21.1 Å². The van der Waals surface area contributed by atoms with Gasteiger partial charge >= 0.3 is 0 Å². The summed E-state index contributed by atoms with van der Waals surface area (Å²) in [4.78, 5) is 4.61. The first-order valence-electron chi connectivity index (χ1n) is 9.24. The summed E-state index contributed by atoms with van der Waals surface area (Å²) in [7, 11) is 0. The monoisotopic (exact) mass is 386 g/mol. The van der Waals surface area contributed by atoms with Crippen LogP contribution < -0.4 is 4.74 Å². The highest BCUT2D eigenvalue weighted by Gasteiger charge is 2.51. The van der Waals surface area contributed by atoms with Gasteiger partial charge in [0.15, 0.2) is 17.5 Å². The van der Waals surface area contributed by atoms with Gasteiger partial charge < -0.3 is 14.6 Å². The molecule has 0 amide bonds. The molecular formula is C21H23ClN2O3. The second-order valence-electron chi connectivity index (χ2n) is 6.81. The van der Waals surface area contributed by atoms with Crippen molar-refractivity contribution in [2.45, 2.75) is 45.0 Å². The number of ether oxygens (including phenoxy) is 2. The second kappa shape index (κ2) is 6.82. The average Bonchev–Trinajstić information content (AvgIpc) is 2.99. The SMILES string of the molecule is CCOC1(CC)c2ccn3c(Cl)c(C)nc3c2O[C@H](c2ccccc2)C1O. The number of aryl methyl sites for hydroxylation is 1. The topological polar surface area (TPSA) is 56.0 Å². The smallest absolute Gasteiger partial charge is 0.181 e. The number of rotatable bonds is 4. The van der Waals surface area contributed by atoms with Crippen LogP contribution in [0.2, 0.25) is 5.15 Å². The van der Waals surface area contributed by atoms with Gasteiger partial charge in [0.25, 0.3) is 0 Å². The number of fused-ring (bicyclic) bond motifs is 3. The van der Waals surface area contributed by atoms with E-state index in [1.807, 2.05) is 67.8 Å². The number of aliphatic hydroxyl groups is 1. The lowest BCUT2D eigenvalue weighted by Crippen LogP contribution is -2.50. The minimum absolute atomic E-state index is 0.477. The van der Waals surface area contributed by atoms with Gasteiger partial charge in [0.2, 0.25) is 0 Å². The number of imidazole rings is 1. The Morgan fingerprint density at radius 3 is 2.67 bits per heavy atom. The fourth-order valence-corrected chi connectivity index (χ4v) is 4.21. The molecule has 0 saturated carbocycles. The van der Waals surface area contributed by atoms with E-state index >= 15 is 0 Å². The Kier molecular flexibility index (Phi) is 4.62. The highest BCUT2D eigenvalue weighted by atomic mass is 35.5. The van der Waals surface area contributed by atoms with Crippen LogP contribution in [0.4, 0.5) is 0 Å². The van der Waals surface area contributed by atoms with Crippen molar-refractivity contribution in [3.8, 4) is 5.75 Å². The maximum Gasteiger partial charge on any atom is 0.181 e. The molecular weight excluding hydrogens is 364 g/mol. The summed E-state index contributed by atoms with van der Waals surface area (Å²) in [6.07, 6.45) is 1.04. The van der Waals surface area contributed by atoms with Crippen molar-refractivity contribution in [3.63, 3.8) is 0 Å². The molecule has 0 fully saturated rings. The quantitative estimate of drug-likeness (QED) is 0.720. The van der Waals surface area contributed by atoms with E-state index in [0.29, 0.717) is 29.6 Å². The molecule has 5 nitrogen and oxygen atoms in total. The van der Waals surface area contributed by atoms with E-state index in [2.05, 4.69) is 4.98 Å². The van der Waals surface area contributed by atoms with Crippen LogP contribution in [-0.2, 0) is 10.3 Å². The van der Waals surface area contributed by atoms with Crippen molar-refractivity contribution in [3.05, 3.63) is 64.6 Å². The number of halogens is 1. The van der Waals surface area contributed by atoms with E-state index < -0.39 is 17.8 Å². The van der Waals surface area contributed by atoms with Crippen LogP contribution in [0.15, 0.2) is 42.6 Å². The fraction of sp³-hybridized carbons (Fsp3) is 0.381. The molecule has 3 heterocycles. The molecule has 0 aliphatic carbocycles. The van der Waals surface area contributed by atoms with Crippen LogP contribution in [0.1, 0.15) is 43.2 Å². The molecule has 0 bridgehead atoms. The van der Waals surface area contributed by atoms with Gasteiger partial charge in [-0.3, -0.25) is 4.40 Å². The highest BCUT2D eigenvalue weighted by molar-refractivity contribution is 6.30. The van der Waals surface area contributed by atoms with Gasteiger partial charge in [-0.05, 0) is 31.9 Å². The Labute approximate surface area is 163 Å². The molecule has 6 heteroatoms.